The van der Waals surface area contributed by atoms with Crippen LogP contribution in [-0.4, -0.2) is 38.2 Å². The lowest BCUT2D eigenvalue weighted by atomic mass is 9.97. The first-order valence-electron chi connectivity index (χ1n) is 8.73. The molecule has 0 spiro atoms. The molecule has 1 saturated heterocycles. The van der Waals surface area contributed by atoms with Crippen molar-refractivity contribution in [3.8, 4) is 0 Å². The van der Waals surface area contributed by atoms with Crippen LogP contribution in [0.3, 0.4) is 0 Å². The van der Waals surface area contributed by atoms with E-state index in [1.807, 2.05) is 0 Å². The van der Waals surface area contributed by atoms with Crippen molar-refractivity contribution in [3.63, 3.8) is 0 Å². The smallest absolute Gasteiger partial charge is 0.261 e. The van der Waals surface area contributed by atoms with Gasteiger partial charge in [-0.25, -0.2) is 12.8 Å². The van der Waals surface area contributed by atoms with Gasteiger partial charge >= 0.3 is 0 Å². The summed E-state index contributed by atoms with van der Waals surface area (Å²) < 4.78 is 40.2. The van der Waals surface area contributed by atoms with E-state index in [9.17, 15) is 22.4 Å². The van der Waals surface area contributed by atoms with E-state index in [1.54, 1.807) is 4.90 Å². The molecule has 148 valence electrons. The van der Waals surface area contributed by atoms with Crippen LogP contribution in [-0.2, 0) is 14.8 Å². The number of carbonyl (C=O) groups is 2. The van der Waals surface area contributed by atoms with Crippen LogP contribution in [0.4, 0.5) is 10.1 Å². The lowest BCUT2D eigenvalue weighted by Crippen LogP contribution is -2.44. The molecule has 3 rings (SSSR count). The first-order chi connectivity index (χ1) is 13.3. The number of primary amides is 1. The van der Waals surface area contributed by atoms with Crippen LogP contribution in [0.15, 0.2) is 53.4 Å². The number of hydrogen-bond donors (Lipinski definition) is 2. The number of hydrogen-bond acceptors (Lipinski definition) is 4. The third-order valence-electron chi connectivity index (χ3n) is 4.62. The number of anilines is 1. The number of carbonyl (C=O) groups excluding carboxylic acids is 2. The van der Waals surface area contributed by atoms with Gasteiger partial charge in [0, 0.05) is 24.3 Å². The second kappa shape index (κ2) is 7.97. The van der Waals surface area contributed by atoms with Gasteiger partial charge in [-0.1, -0.05) is 0 Å². The van der Waals surface area contributed by atoms with Crippen LogP contribution in [0.1, 0.15) is 23.2 Å². The van der Waals surface area contributed by atoms with E-state index in [4.69, 9.17) is 5.73 Å². The van der Waals surface area contributed by atoms with Crippen molar-refractivity contribution >= 4 is 27.5 Å². The number of nitrogens with two attached hydrogens (primary N) is 1. The van der Waals surface area contributed by atoms with Crippen LogP contribution in [0.5, 0.6) is 0 Å². The molecule has 0 bridgehead atoms. The van der Waals surface area contributed by atoms with Gasteiger partial charge in [-0.2, -0.15) is 0 Å². The Morgan fingerprint density at radius 2 is 1.71 bits per heavy atom. The largest absolute Gasteiger partial charge is 0.369 e. The standard InChI is InChI=1S/C19H20FN3O4S/c20-15-5-7-16(8-6-15)22-28(26,27)17-9-3-13(4-10-17)19(25)23-11-1-2-14(12-23)18(21)24/h3-10,14,22H,1-2,11-12H2,(H2,21,24). The minimum atomic E-state index is -3.87. The summed E-state index contributed by atoms with van der Waals surface area (Å²) in [5.74, 6) is -1.54. The molecule has 9 heteroatoms. The van der Waals surface area contributed by atoms with Crippen molar-refractivity contribution in [1.82, 2.24) is 4.90 Å². The Morgan fingerprint density at radius 1 is 1.07 bits per heavy atom. The summed E-state index contributed by atoms with van der Waals surface area (Å²) in [6, 6.07) is 10.4. The van der Waals surface area contributed by atoms with Crippen LogP contribution >= 0.6 is 0 Å². The number of piperidine rings is 1. The van der Waals surface area contributed by atoms with E-state index in [1.165, 1.54) is 36.4 Å². The number of sulfonamides is 1. The van der Waals surface area contributed by atoms with Crippen molar-refractivity contribution in [1.29, 1.82) is 0 Å². The fraction of sp³-hybridized carbons (Fsp3) is 0.263. The molecule has 28 heavy (non-hydrogen) atoms. The van der Waals surface area contributed by atoms with E-state index in [0.29, 0.717) is 24.9 Å². The van der Waals surface area contributed by atoms with Gasteiger partial charge in [-0.15, -0.1) is 0 Å². The highest BCUT2D eigenvalue weighted by atomic mass is 32.2. The average Bonchev–Trinajstić information content (AvgIpc) is 2.69. The normalized spacial score (nSPS) is 17.2. The zero-order valence-electron chi connectivity index (χ0n) is 15.0. The minimum absolute atomic E-state index is 0.0259. The van der Waals surface area contributed by atoms with Crippen LogP contribution in [0, 0.1) is 11.7 Å². The lowest BCUT2D eigenvalue weighted by molar-refractivity contribution is -0.123. The SMILES string of the molecule is NC(=O)C1CCCN(C(=O)c2ccc(S(=O)(=O)Nc3ccc(F)cc3)cc2)C1. The van der Waals surface area contributed by atoms with Gasteiger partial charge in [0.05, 0.1) is 10.8 Å². The molecule has 1 atom stereocenters. The summed E-state index contributed by atoms with van der Waals surface area (Å²) in [6.07, 6.45) is 1.35. The molecular weight excluding hydrogens is 385 g/mol. The Morgan fingerprint density at radius 3 is 2.32 bits per heavy atom. The van der Waals surface area contributed by atoms with E-state index in [2.05, 4.69) is 4.72 Å². The number of halogens is 1. The molecule has 0 radical (unpaired) electrons. The van der Waals surface area contributed by atoms with E-state index < -0.39 is 21.7 Å². The Labute approximate surface area is 162 Å². The monoisotopic (exact) mass is 405 g/mol. The average molecular weight is 405 g/mol. The van der Waals surface area contributed by atoms with Crippen LogP contribution in [0.25, 0.3) is 0 Å². The lowest BCUT2D eigenvalue weighted by Gasteiger charge is -2.31. The number of nitrogens with zero attached hydrogens (tertiary/aromatic N) is 1. The fourth-order valence-electron chi connectivity index (χ4n) is 3.09. The summed E-state index contributed by atoms with van der Waals surface area (Å²) in [5.41, 5.74) is 5.89. The molecule has 1 aliphatic rings. The molecule has 1 aliphatic heterocycles. The second-order valence-electron chi connectivity index (χ2n) is 6.63. The van der Waals surface area contributed by atoms with E-state index in [0.717, 1.165) is 12.1 Å². The molecule has 0 aliphatic carbocycles. The maximum Gasteiger partial charge on any atom is 0.261 e. The van der Waals surface area contributed by atoms with Crippen molar-refractivity contribution < 1.29 is 22.4 Å². The Balaban J connectivity index is 1.72. The van der Waals surface area contributed by atoms with Gasteiger partial charge in [-0.05, 0) is 61.4 Å². The summed E-state index contributed by atoms with van der Waals surface area (Å²) in [7, 11) is -3.87. The first-order valence-corrected chi connectivity index (χ1v) is 10.2. The maximum atomic E-state index is 12.9. The van der Waals surface area contributed by atoms with Crippen molar-refractivity contribution in [2.75, 3.05) is 17.8 Å². The zero-order chi connectivity index (χ0) is 20.3. The number of nitrogens with one attached hydrogen (secondary N) is 1. The number of benzene rings is 2. The third kappa shape index (κ3) is 4.48. The second-order valence-corrected chi connectivity index (χ2v) is 8.31. The van der Waals surface area contributed by atoms with Crippen molar-refractivity contribution in [3.05, 3.63) is 59.9 Å². The third-order valence-corrected chi connectivity index (χ3v) is 6.02. The molecule has 0 saturated carbocycles. The van der Waals surface area contributed by atoms with Gasteiger partial charge < -0.3 is 10.6 Å². The van der Waals surface area contributed by atoms with Gasteiger partial charge in [0.2, 0.25) is 5.91 Å². The van der Waals surface area contributed by atoms with Crippen LogP contribution < -0.4 is 10.5 Å². The number of amides is 2. The topological polar surface area (TPSA) is 110 Å². The summed E-state index contributed by atoms with van der Waals surface area (Å²) in [6.45, 7) is 0.787. The van der Waals surface area contributed by atoms with Gasteiger partial charge in [0.25, 0.3) is 15.9 Å². The highest BCUT2D eigenvalue weighted by Crippen LogP contribution is 2.20. The molecule has 2 aromatic rings. The number of rotatable bonds is 5. The Kier molecular flexibility index (Phi) is 5.64. The van der Waals surface area contributed by atoms with Gasteiger partial charge in [0.15, 0.2) is 0 Å². The molecule has 2 amide bonds. The summed E-state index contributed by atoms with van der Waals surface area (Å²) in [4.78, 5) is 25.5. The summed E-state index contributed by atoms with van der Waals surface area (Å²) in [5, 5.41) is 0. The molecule has 7 nitrogen and oxygen atoms in total. The molecule has 1 fully saturated rings. The molecule has 0 aromatic heterocycles. The summed E-state index contributed by atoms with van der Waals surface area (Å²) >= 11 is 0. The predicted octanol–water partition coefficient (Wildman–Crippen LogP) is 1.96. The Hall–Kier alpha value is -2.94. The number of likely N-dealkylation sites (tertiary alicyclic amines) is 1. The molecular formula is C19H20FN3O4S. The van der Waals surface area contributed by atoms with E-state index in [-0.39, 0.29) is 29.0 Å². The molecule has 1 heterocycles. The van der Waals surface area contributed by atoms with Crippen LogP contribution in [0.2, 0.25) is 0 Å². The quantitative estimate of drug-likeness (QED) is 0.792. The molecule has 1 unspecified atom stereocenters. The fourth-order valence-corrected chi connectivity index (χ4v) is 4.14. The highest BCUT2D eigenvalue weighted by molar-refractivity contribution is 7.92. The van der Waals surface area contributed by atoms with Gasteiger partial charge in [0.1, 0.15) is 5.82 Å². The Bertz CT molecular complexity index is 975. The van der Waals surface area contributed by atoms with E-state index >= 15 is 0 Å². The van der Waals surface area contributed by atoms with Gasteiger partial charge in [-0.3, -0.25) is 14.3 Å². The predicted molar refractivity (Wildman–Crippen MR) is 101 cm³/mol. The van der Waals surface area contributed by atoms with Crippen molar-refractivity contribution in [2.24, 2.45) is 11.7 Å². The molecule has 3 N–H and O–H groups in total. The minimum Gasteiger partial charge on any atom is -0.369 e. The molecule has 2 aromatic carbocycles. The zero-order valence-corrected chi connectivity index (χ0v) is 15.8. The highest BCUT2D eigenvalue weighted by Gasteiger charge is 2.27. The maximum absolute atomic E-state index is 12.9. The van der Waals surface area contributed by atoms with Crippen molar-refractivity contribution in [2.45, 2.75) is 17.7 Å². The first kappa shape index (κ1) is 19.8.